The zero-order valence-electron chi connectivity index (χ0n) is 14.8. The van der Waals surface area contributed by atoms with Crippen LogP contribution in [0.1, 0.15) is 28.5 Å². The largest absolute Gasteiger partial charge is 0.496 e. The van der Waals surface area contributed by atoms with Gasteiger partial charge in [-0.1, -0.05) is 23.4 Å². The number of amides is 1. The predicted octanol–water partition coefficient (Wildman–Crippen LogP) is 2.19. The summed E-state index contributed by atoms with van der Waals surface area (Å²) in [6.45, 7) is 3.27. The number of aromatic nitrogens is 1. The van der Waals surface area contributed by atoms with E-state index in [0.717, 1.165) is 5.56 Å². The molecule has 0 saturated carbocycles. The molecule has 1 aromatic carbocycles. The van der Waals surface area contributed by atoms with Crippen molar-refractivity contribution in [2.45, 2.75) is 20.0 Å². The van der Waals surface area contributed by atoms with Crippen molar-refractivity contribution in [2.24, 2.45) is 5.16 Å². The monoisotopic (exact) mass is 353 g/mol. The quantitative estimate of drug-likeness (QED) is 0.770. The van der Waals surface area contributed by atoms with Crippen molar-refractivity contribution in [1.29, 1.82) is 0 Å². The second-order valence-electron chi connectivity index (χ2n) is 5.88. The molecule has 1 aromatic heterocycles. The molecular formula is C19H19N3O4. The number of hydrogen-bond acceptors (Lipinski definition) is 6. The Morgan fingerprint density at radius 1 is 1.27 bits per heavy atom. The Hall–Kier alpha value is -3.22. The maximum absolute atomic E-state index is 12.8. The van der Waals surface area contributed by atoms with Crippen LogP contribution in [0, 0.1) is 6.92 Å². The number of methoxy groups -OCH3 is 1. The van der Waals surface area contributed by atoms with Gasteiger partial charge in [-0.3, -0.25) is 19.5 Å². The topological polar surface area (TPSA) is 81.1 Å². The fourth-order valence-corrected chi connectivity index (χ4v) is 2.69. The van der Waals surface area contributed by atoms with E-state index < -0.39 is 6.10 Å². The fourth-order valence-electron chi connectivity index (χ4n) is 2.69. The summed E-state index contributed by atoms with van der Waals surface area (Å²) >= 11 is 0. The lowest BCUT2D eigenvalue weighted by Crippen LogP contribution is -2.49. The lowest BCUT2D eigenvalue weighted by molar-refractivity contribution is -0.141. The Kier molecular flexibility index (Phi) is 4.97. The van der Waals surface area contributed by atoms with Gasteiger partial charge in [0.2, 0.25) is 11.9 Å². The summed E-state index contributed by atoms with van der Waals surface area (Å²) in [6.07, 6.45) is 0.835. The molecule has 0 saturated heterocycles. The molecule has 1 atom stereocenters. The van der Waals surface area contributed by atoms with Crippen molar-refractivity contribution in [3.05, 3.63) is 59.4 Å². The van der Waals surface area contributed by atoms with Gasteiger partial charge < -0.3 is 9.57 Å². The van der Waals surface area contributed by atoms with E-state index in [1.54, 1.807) is 43.5 Å². The van der Waals surface area contributed by atoms with Gasteiger partial charge in [-0.2, -0.15) is 0 Å². The first-order valence-electron chi connectivity index (χ1n) is 8.16. The van der Waals surface area contributed by atoms with E-state index in [1.807, 2.05) is 13.0 Å². The highest BCUT2D eigenvalue weighted by atomic mass is 16.6. The molecule has 0 fully saturated rings. The van der Waals surface area contributed by atoms with Crippen molar-refractivity contribution in [3.63, 3.8) is 0 Å². The third kappa shape index (κ3) is 3.28. The number of rotatable bonds is 5. The number of ether oxygens (including phenoxy) is 1. The molecule has 1 unspecified atom stereocenters. The van der Waals surface area contributed by atoms with Crippen LogP contribution in [0.15, 0.2) is 47.8 Å². The maximum Gasteiger partial charge on any atom is 0.272 e. The number of para-hydroxylation sites is 1. The zero-order chi connectivity index (χ0) is 18.7. The first-order chi connectivity index (χ1) is 12.5. The van der Waals surface area contributed by atoms with Gasteiger partial charge in [0, 0.05) is 6.20 Å². The van der Waals surface area contributed by atoms with Gasteiger partial charge in [0.1, 0.15) is 11.4 Å². The highest BCUT2D eigenvalue weighted by Crippen LogP contribution is 2.21. The number of benzene rings is 1. The Morgan fingerprint density at radius 3 is 2.77 bits per heavy atom. The average molecular weight is 353 g/mol. The number of ketones is 1. The molecule has 26 heavy (non-hydrogen) atoms. The Morgan fingerprint density at radius 2 is 2.04 bits per heavy atom. The Balaban J connectivity index is 1.96. The summed E-state index contributed by atoms with van der Waals surface area (Å²) in [7, 11) is 1.50. The van der Waals surface area contributed by atoms with Crippen molar-refractivity contribution < 1.29 is 19.2 Å². The summed E-state index contributed by atoms with van der Waals surface area (Å²) in [5, 5.41) is 4.04. The number of Topliss-reactive ketones (excluding diaryl/α,β-unsaturated/α-hetero) is 1. The molecule has 7 nitrogen and oxygen atoms in total. The molecule has 1 aliphatic rings. The molecule has 0 bridgehead atoms. The number of amidine groups is 1. The van der Waals surface area contributed by atoms with Crippen LogP contribution in [-0.4, -0.2) is 47.2 Å². The van der Waals surface area contributed by atoms with Crippen LogP contribution in [0.3, 0.4) is 0 Å². The lowest BCUT2D eigenvalue weighted by atomic mass is 10.1. The summed E-state index contributed by atoms with van der Waals surface area (Å²) in [6, 6.07) is 10.5. The average Bonchev–Trinajstić information content (AvgIpc) is 2.66. The molecule has 1 amide bonds. The van der Waals surface area contributed by atoms with Crippen LogP contribution in [0.25, 0.3) is 0 Å². The molecule has 0 radical (unpaired) electrons. The lowest BCUT2D eigenvalue weighted by Gasteiger charge is -2.29. The standard InChI is InChI=1S/C19H19N3O4/c1-12-7-6-10-20-17(12)18-21-26-13(2)19(24)22(18)11-15(23)14-8-4-5-9-16(14)25-3/h4-10,13H,11H2,1-3H3. The van der Waals surface area contributed by atoms with Gasteiger partial charge in [0.15, 0.2) is 5.78 Å². The van der Waals surface area contributed by atoms with E-state index in [9.17, 15) is 9.59 Å². The summed E-state index contributed by atoms with van der Waals surface area (Å²) in [4.78, 5) is 36.3. The molecule has 0 spiro atoms. The number of carbonyl (C=O) groups is 2. The van der Waals surface area contributed by atoms with Crippen molar-refractivity contribution >= 4 is 17.5 Å². The third-order valence-electron chi connectivity index (χ3n) is 4.10. The van der Waals surface area contributed by atoms with Gasteiger partial charge in [-0.25, -0.2) is 0 Å². The zero-order valence-corrected chi connectivity index (χ0v) is 14.8. The molecule has 1 aliphatic heterocycles. The Labute approximate surface area is 151 Å². The minimum atomic E-state index is -0.770. The minimum Gasteiger partial charge on any atom is -0.496 e. The fraction of sp³-hybridized carbons (Fsp3) is 0.263. The third-order valence-corrected chi connectivity index (χ3v) is 4.10. The van der Waals surface area contributed by atoms with E-state index in [1.165, 1.54) is 12.0 Å². The number of carbonyl (C=O) groups excluding carboxylic acids is 2. The number of nitrogens with zero attached hydrogens (tertiary/aromatic N) is 3. The number of pyridine rings is 1. The summed E-state index contributed by atoms with van der Waals surface area (Å²) in [5.41, 5.74) is 1.73. The van der Waals surface area contributed by atoms with Gasteiger partial charge in [-0.05, 0) is 37.6 Å². The molecule has 0 N–H and O–H groups in total. The van der Waals surface area contributed by atoms with Crippen LogP contribution in [0.5, 0.6) is 5.75 Å². The van der Waals surface area contributed by atoms with Crippen LogP contribution in [0.2, 0.25) is 0 Å². The number of hydrogen-bond donors (Lipinski definition) is 0. The van der Waals surface area contributed by atoms with Crippen LogP contribution < -0.4 is 4.74 Å². The molecule has 2 heterocycles. The van der Waals surface area contributed by atoms with E-state index in [0.29, 0.717) is 17.0 Å². The Bertz CT molecular complexity index is 879. The summed E-state index contributed by atoms with van der Waals surface area (Å²) in [5.74, 6) is 0.0858. The van der Waals surface area contributed by atoms with Gasteiger partial charge >= 0.3 is 0 Å². The number of aryl methyl sites for hydroxylation is 1. The van der Waals surface area contributed by atoms with E-state index in [-0.39, 0.29) is 24.1 Å². The van der Waals surface area contributed by atoms with Crippen molar-refractivity contribution in [3.8, 4) is 5.75 Å². The number of oxime groups is 1. The van der Waals surface area contributed by atoms with Crippen molar-refractivity contribution in [1.82, 2.24) is 9.88 Å². The maximum atomic E-state index is 12.8. The van der Waals surface area contributed by atoms with E-state index in [2.05, 4.69) is 10.1 Å². The van der Waals surface area contributed by atoms with Gasteiger partial charge in [0.05, 0.1) is 19.2 Å². The van der Waals surface area contributed by atoms with Gasteiger partial charge in [-0.15, -0.1) is 0 Å². The smallest absolute Gasteiger partial charge is 0.272 e. The van der Waals surface area contributed by atoms with Crippen LogP contribution in [0.4, 0.5) is 0 Å². The van der Waals surface area contributed by atoms with E-state index in [4.69, 9.17) is 9.57 Å². The molecule has 2 aromatic rings. The SMILES string of the molecule is COc1ccccc1C(=O)CN1C(=O)C(C)ON=C1c1ncccc1C. The van der Waals surface area contributed by atoms with E-state index >= 15 is 0 Å². The first kappa shape index (κ1) is 17.6. The predicted molar refractivity (Wildman–Crippen MR) is 95.1 cm³/mol. The van der Waals surface area contributed by atoms with Gasteiger partial charge in [0.25, 0.3) is 5.91 Å². The highest BCUT2D eigenvalue weighted by Gasteiger charge is 2.34. The first-order valence-corrected chi connectivity index (χ1v) is 8.16. The molecule has 7 heteroatoms. The highest BCUT2D eigenvalue weighted by molar-refractivity contribution is 6.13. The molecule has 134 valence electrons. The molecular weight excluding hydrogens is 334 g/mol. The molecule has 0 aliphatic carbocycles. The minimum absolute atomic E-state index is 0.179. The van der Waals surface area contributed by atoms with Crippen LogP contribution >= 0.6 is 0 Å². The molecule has 3 rings (SSSR count). The second-order valence-corrected chi connectivity index (χ2v) is 5.88. The second kappa shape index (κ2) is 7.35. The van der Waals surface area contributed by atoms with Crippen molar-refractivity contribution in [2.75, 3.05) is 13.7 Å². The van der Waals surface area contributed by atoms with Crippen LogP contribution in [-0.2, 0) is 9.63 Å². The normalized spacial score (nSPS) is 16.7. The summed E-state index contributed by atoms with van der Waals surface area (Å²) < 4.78 is 5.24.